The fourth-order valence-electron chi connectivity index (χ4n) is 0.587. The Kier molecular flexibility index (Phi) is 2.28. The first kappa shape index (κ1) is 7.08. The summed E-state index contributed by atoms with van der Waals surface area (Å²) in [4.78, 5) is 0. The van der Waals surface area contributed by atoms with Crippen molar-refractivity contribution in [3.8, 4) is 0 Å². The van der Waals surface area contributed by atoms with Gasteiger partial charge in [-0.2, -0.15) is 0 Å². The first-order valence-electron chi connectivity index (χ1n) is 2.85. The van der Waals surface area contributed by atoms with Gasteiger partial charge in [-0.15, -0.1) is 0 Å². The van der Waals surface area contributed by atoms with Crippen molar-refractivity contribution in [1.82, 2.24) is 5.32 Å². The molecule has 54 valence electrons. The fourth-order valence-corrected chi connectivity index (χ4v) is 0.660. The van der Waals surface area contributed by atoms with Crippen molar-refractivity contribution in [2.24, 2.45) is 5.73 Å². The van der Waals surface area contributed by atoms with Crippen molar-refractivity contribution in [3.63, 3.8) is 0 Å². The van der Waals surface area contributed by atoms with Crippen LogP contribution in [0.15, 0.2) is 22.8 Å². The van der Waals surface area contributed by atoms with Crippen LogP contribution in [0, 0.1) is 0 Å². The highest BCUT2D eigenvalue weighted by atomic mass is 32.1. The number of hydrogen-bond donors (Lipinski definition) is 2. The highest BCUT2D eigenvalue weighted by molar-refractivity contribution is 7.80. The monoisotopic (exact) mass is 156 g/mol. The molecule has 1 aromatic heterocycles. The van der Waals surface area contributed by atoms with Crippen LogP contribution >= 0.6 is 12.2 Å². The van der Waals surface area contributed by atoms with Gasteiger partial charge in [0.2, 0.25) is 0 Å². The molecular weight excluding hydrogens is 148 g/mol. The molecule has 0 fully saturated rings. The molecule has 1 rings (SSSR count). The normalized spacial score (nSPS) is 9.20. The quantitative estimate of drug-likeness (QED) is 0.616. The minimum absolute atomic E-state index is 0.288. The van der Waals surface area contributed by atoms with E-state index in [9.17, 15) is 0 Å². The number of nitrogens with two attached hydrogens (primary N) is 1. The predicted molar refractivity (Wildman–Crippen MR) is 42.3 cm³/mol. The van der Waals surface area contributed by atoms with Crippen LogP contribution in [-0.2, 0) is 6.54 Å². The molecule has 1 aromatic rings. The summed E-state index contributed by atoms with van der Waals surface area (Å²) >= 11 is 4.59. The first-order chi connectivity index (χ1) is 4.79. The van der Waals surface area contributed by atoms with Crippen LogP contribution in [0.3, 0.4) is 0 Å². The molecule has 0 saturated heterocycles. The van der Waals surface area contributed by atoms with Gasteiger partial charge in [0.05, 0.1) is 12.8 Å². The van der Waals surface area contributed by atoms with Crippen molar-refractivity contribution in [2.75, 3.05) is 0 Å². The lowest BCUT2D eigenvalue weighted by Crippen LogP contribution is -2.28. The molecule has 0 bridgehead atoms. The Morgan fingerprint density at radius 2 is 2.60 bits per heavy atom. The van der Waals surface area contributed by atoms with Crippen molar-refractivity contribution in [1.29, 1.82) is 0 Å². The summed E-state index contributed by atoms with van der Waals surface area (Å²) < 4.78 is 5.01. The number of hydrogen-bond acceptors (Lipinski definition) is 2. The van der Waals surface area contributed by atoms with Gasteiger partial charge in [0.15, 0.2) is 5.11 Å². The van der Waals surface area contributed by atoms with E-state index >= 15 is 0 Å². The molecule has 10 heavy (non-hydrogen) atoms. The molecule has 0 spiro atoms. The molecule has 3 nitrogen and oxygen atoms in total. The number of thiocarbonyl (C=S) groups is 1. The topological polar surface area (TPSA) is 51.2 Å². The molecule has 0 amide bonds. The van der Waals surface area contributed by atoms with Crippen LogP contribution in [0.5, 0.6) is 0 Å². The van der Waals surface area contributed by atoms with Crippen LogP contribution < -0.4 is 11.1 Å². The van der Waals surface area contributed by atoms with Crippen molar-refractivity contribution in [2.45, 2.75) is 6.54 Å². The highest BCUT2D eigenvalue weighted by Crippen LogP contribution is 1.97. The molecule has 0 aliphatic carbocycles. The van der Waals surface area contributed by atoms with Gasteiger partial charge in [-0.1, -0.05) is 0 Å². The number of furan rings is 1. The van der Waals surface area contributed by atoms with E-state index in [0.29, 0.717) is 6.54 Å². The molecule has 0 radical (unpaired) electrons. The van der Waals surface area contributed by atoms with Crippen LogP contribution in [0.2, 0.25) is 0 Å². The zero-order chi connectivity index (χ0) is 7.40. The lowest BCUT2D eigenvalue weighted by Gasteiger charge is -1.98. The molecular formula is C6H8N2OS. The summed E-state index contributed by atoms with van der Waals surface area (Å²) in [5, 5.41) is 3.05. The zero-order valence-electron chi connectivity index (χ0n) is 5.33. The largest absolute Gasteiger partial charge is 0.467 e. The Hall–Kier alpha value is -1.03. The molecule has 1 heterocycles. The summed E-state index contributed by atoms with van der Waals surface area (Å²) in [6.07, 6.45) is 1.61. The van der Waals surface area contributed by atoms with Gasteiger partial charge in [0.1, 0.15) is 5.76 Å². The van der Waals surface area contributed by atoms with Gasteiger partial charge in [-0.05, 0) is 24.4 Å². The predicted octanol–water partition coefficient (Wildman–Crippen LogP) is 0.613. The van der Waals surface area contributed by atoms with Crippen molar-refractivity contribution >= 4 is 17.3 Å². The fraction of sp³-hybridized carbons (Fsp3) is 0.167. The van der Waals surface area contributed by atoms with E-state index in [1.165, 1.54) is 0 Å². The van der Waals surface area contributed by atoms with Crippen molar-refractivity contribution < 1.29 is 4.42 Å². The average Bonchev–Trinajstić information content (AvgIpc) is 2.34. The molecule has 0 atom stereocenters. The second-order valence-corrected chi connectivity index (χ2v) is 2.24. The van der Waals surface area contributed by atoms with E-state index in [4.69, 9.17) is 10.2 Å². The maximum absolute atomic E-state index is 5.19. The lowest BCUT2D eigenvalue weighted by molar-refractivity contribution is 0.503. The highest BCUT2D eigenvalue weighted by Gasteiger charge is 1.92. The van der Waals surface area contributed by atoms with Crippen LogP contribution in [0.4, 0.5) is 0 Å². The minimum atomic E-state index is 0.288. The molecule has 0 aromatic carbocycles. The van der Waals surface area contributed by atoms with E-state index in [1.54, 1.807) is 6.26 Å². The maximum atomic E-state index is 5.19. The third kappa shape index (κ3) is 2.06. The van der Waals surface area contributed by atoms with E-state index in [-0.39, 0.29) is 5.11 Å². The summed E-state index contributed by atoms with van der Waals surface area (Å²) in [5.41, 5.74) is 5.19. The lowest BCUT2D eigenvalue weighted by atomic mass is 10.4. The second kappa shape index (κ2) is 3.22. The third-order valence-electron chi connectivity index (χ3n) is 1.02. The van der Waals surface area contributed by atoms with Gasteiger partial charge in [0, 0.05) is 0 Å². The molecule has 0 saturated carbocycles. The number of rotatable bonds is 2. The number of nitrogens with one attached hydrogen (secondary N) is 1. The molecule has 0 unspecified atom stereocenters. The first-order valence-corrected chi connectivity index (χ1v) is 3.25. The summed E-state index contributed by atoms with van der Waals surface area (Å²) in [6.45, 7) is 0.558. The van der Waals surface area contributed by atoms with Gasteiger partial charge >= 0.3 is 0 Å². The second-order valence-electron chi connectivity index (χ2n) is 1.80. The van der Waals surface area contributed by atoms with Gasteiger partial charge < -0.3 is 15.5 Å². The van der Waals surface area contributed by atoms with E-state index in [2.05, 4.69) is 17.5 Å². The Labute approximate surface area is 64.2 Å². The Morgan fingerprint density at radius 3 is 3.10 bits per heavy atom. The third-order valence-corrected chi connectivity index (χ3v) is 1.16. The Bertz CT molecular complexity index is 208. The summed E-state index contributed by atoms with van der Waals surface area (Å²) in [7, 11) is 0. The van der Waals surface area contributed by atoms with Crippen LogP contribution in [0.1, 0.15) is 5.76 Å². The standard InChI is InChI=1S/C6H8N2OS/c7-6(10)8-4-5-2-1-3-9-5/h1-3H,4H2,(H3,7,8,10). The molecule has 0 aliphatic rings. The minimum Gasteiger partial charge on any atom is -0.467 e. The van der Waals surface area contributed by atoms with Crippen LogP contribution in [0.25, 0.3) is 0 Å². The maximum Gasteiger partial charge on any atom is 0.164 e. The average molecular weight is 156 g/mol. The van der Waals surface area contributed by atoms with E-state index in [1.807, 2.05) is 12.1 Å². The van der Waals surface area contributed by atoms with E-state index in [0.717, 1.165) is 5.76 Å². The van der Waals surface area contributed by atoms with Gasteiger partial charge in [-0.3, -0.25) is 0 Å². The molecule has 4 heteroatoms. The summed E-state index contributed by atoms with van der Waals surface area (Å²) in [5.74, 6) is 0.827. The SMILES string of the molecule is NC(=S)NCc1ccco1. The van der Waals surface area contributed by atoms with Gasteiger partial charge in [0.25, 0.3) is 0 Å². The Morgan fingerprint density at radius 1 is 1.80 bits per heavy atom. The zero-order valence-corrected chi connectivity index (χ0v) is 6.15. The smallest absolute Gasteiger partial charge is 0.164 e. The van der Waals surface area contributed by atoms with E-state index < -0.39 is 0 Å². The van der Waals surface area contributed by atoms with Gasteiger partial charge in [-0.25, -0.2) is 0 Å². The van der Waals surface area contributed by atoms with Crippen LogP contribution in [-0.4, -0.2) is 5.11 Å². The summed E-state index contributed by atoms with van der Waals surface area (Å²) in [6, 6.07) is 3.67. The Balaban J connectivity index is 2.35. The molecule has 3 N–H and O–H groups in total. The molecule has 0 aliphatic heterocycles. The van der Waals surface area contributed by atoms with Crippen molar-refractivity contribution in [3.05, 3.63) is 24.2 Å².